The molecule has 2 aromatic carbocycles. The van der Waals surface area contributed by atoms with E-state index in [-0.39, 0.29) is 25.5 Å². The van der Waals surface area contributed by atoms with E-state index in [0.29, 0.717) is 28.6 Å². The predicted molar refractivity (Wildman–Crippen MR) is 143 cm³/mol. The zero-order valence-corrected chi connectivity index (χ0v) is 22.9. The molecule has 1 unspecified atom stereocenters. The van der Waals surface area contributed by atoms with Crippen molar-refractivity contribution in [2.75, 3.05) is 32.8 Å². The van der Waals surface area contributed by atoms with Crippen LogP contribution in [0.1, 0.15) is 56.6 Å². The number of carbonyl (C=O) groups is 1. The van der Waals surface area contributed by atoms with Crippen LogP contribution >= 0.6 is 11.6 Å². The topological polar surface area (TPSA) is 66.9 Å². The van der Waals surface area contributed by atoms with Gasteiger partial charge in [0.2, 0.25) is 15.9 Å². The maximum atomic E-state index is 13.6. The van der Waals surface area contributed by atoms with E-state index in [2.05, 4.69) is 0 Å². The summed E-state index contributed by atoms with van der Waals surface area (Å²) in [6.45, 7) is 6.49. The number of rotatable bonds is 8. The summed E-state index contributed by atoms with van der Waals surface area (Å²) in [7, 11) is -3.68. The average Bonchev–Trinajstić information content (AvgIpc) is 2.90. The van der Waals surface area contributed by atoms with Crippen molar-refractivity contribution in [2.45, 2.75) is 63.7 Å². The summed E-state index contributed by atoms with van der Waals surface area (Å²) in [4.78, 5) is 15.6. The number of hydrogen-bond acceptors (Lipinski definition) is 4. The Kier molecular flexibility index (Phi) is 8.63. The van der Waals surface area contributed by atoms with Crippen LogP contribution in [0.2, 0.25) is 5.02 Å². The minimum atomic E-state index is -3.68. The van der Waals surface area contributed by atoms with Gasteiger partial charge in [-0.15, -0.1) is 0 Å². The van der Waals surface area contributed by atoms with Crippen LogP contribution in [0.25, 0.3) is 0 Å². The van der Waals surface area contributed by atoms with Crippen molar-refractivity contribution < 1.29 is 17.9 Å². The highest BCUT2D eigenvalue weighted by atomic mass is 35.5. The molecule has 0 bridgehead atoms. The number of nitrogens with zero attached hydrogens (tertiary/aromatic N) is 2. The van der Waals surface area contributed by atoms with Crippen LogP contribution in [0.4, 0.5) is 0 Å². The highest BCUT2D eigenvalue weighted by Gasteiger charge is 2.43. The summed E-state index contributed by atoms with van der Waals surface area (Å²) in [6, 6.07) is 12.6. The molecule has 0 spiro atoms. The van der Waals surface area contributed by atoms with Crippen LogP contribution in [0.15, 0.2) is 47.4 Å². The molecule has 2 aliphatic heterocycles. The van der Waals surface area contributed by atoms with Gasteiger partial charge in [0.25, 0.3) is 0 Å². The van der Waals surface area contributed by atoms with E-state index in [1.807, 2.05) is 43.0 Å². The van der Waals surface area contributed by atoms with Crippen molar-refractivity contribution in [3.05, 3.63) is 58.6 Å². The number of ether oxygens (including phenoxy) is 1. The van der Waals surface area contributed by atoms with Gasteiger partial charge >= 0.3 is 0 Å². The molecule has 0 aliphatic carbocycles. The minimum Gasteiger partial charge on any atom is -0.493 e. The van der Waals surface area contributed by atoms with Crippen LogP contribution in [0.5, 0.6) is 5.75 Å². The molecule has 0 saturated carbocycles. The first-order valence-corrected chi connectivity index (χ1v) is 14.8. The van der Waals surface area contributed by atoms with Crippen LogP contribution in [-0.4, -0.2) is 56.3 Å². The molecule has 2 fully saturated rings. The van der Waals surface area contributed by atoms with Crippen molar-refractivity contribution in [2.24, 2.45) is 5.41 Å². The van der Waals surface area contributed by atoms with Gasteiger partial charge in [0.05, 0.1) is 11.5 Å². The van der Waals surface area contributed by atoms with Gasteiger partial charge < -0.3 is 9.64 Å². The highest BCUT2D eigenvalue weighted by Crippen LogP contribution is 2.38. The quantitative estimate of drug-likeness (QED) is 0.452. The smallest absolute Gasteiger partial charge is 0.243 e. The molecule has 0 radical (unpaired) electrons. The summed E-state index contributed by atoms with van der Waals surface area (Å²) < 4.78 is 35.0. The Morgan fingerprint density at radius 3 is 2.42 bits per heavy atom. The molecular formula is C28H37ClN2O4S. The van der Waals surface area contributed by atoms with Crippen molar-refractivity contribution in [1.82, 2.24) is 9.21 Å². The number of carbonyl (C=O) groups excluding carboxylic acids is 1. The van der Waals surface area contributed by atoms with Crippen LogP contribution < -0.4 is 4.74 Å². The largest absolute Gasteiger partial charge is 0.493 e. The van der Waals surface area contributed by atoms with E-state index >= 15 is 0 Å². The number of halogens is 1. The lowest BCUT2D eigenvalue weighted by Crippen LogP contribution is -2.51. The van der Waals surface area contributed by atoms with Crippen molar-refractivity contribution in [3.8, 4) is 5.75 Å². The number of hydrogen-bond donors (Lipinski definition) is 0. The Labute approximate surface area is 220 Å². The molecule has 4 rings (SSSR count). The molecule has 2 saturated heterocycles. The zero-order chi connectivity index (χ0) is 25.8. The van der Waals surface area contributed by atoms with Crippen molar-refractivity contribution >= 4 is 27.5 Å². The molecule has 0 N–H and O–H groups in total. The van der Waals surface area contributed by atoms with E-state index in [9.17, 15) is 13.2 Å². The Morgan fingerprint density at radius 1 is 1.03 bits per heavy atom. The van der Waals surface area contributed by atoms with E-state index in [4.69, 9.17) is 16.3 Å². The summed E-state index contributed by atoms with van der Waals surface area (Å²) in [5, 5.41) is 0.668. The normalized spacial score (nSPS) is 21.4. The van der Waals surface area contributed by atoms with Gasteiger partial charge in [-0.05, 0) is 86.9 Å². The van der Waals surface area contributed by atoms with Crippen LogP contribution in [0.3, 0.4) is 0 Å². The van der Waals surface area contributed by atoms with Gasteiger partial charge in [-0.2, -0.15) is 4.31 Å². The monoisotopic (exact) mass is 532 g/mol. The molecular weight excluding hydrogens is 496 g/mol. The van der Waals surface area contributed by atoms with Crippen LogP contribution in [0, 0.1) is 12.3 Å². The molecule has 196 valence electrons. The van der Waals surface area contributed by atoms with Gasteiger partial charge in [-0.3, -0.25) is 4.79 Å². The molecule has 0 aromatic heterocycles. The number of aryl methyl sites for hydroxylation is 2. The fourth-order valence-electron chi connectivity index (χ4n) is 5.25. The minimum absolute atomic E-state index is 0.0946. The molecule has 2 heterocycles. The molecule has 1 amide bonds. The number of likely N-dealkylation sites (tertiary alicyclic amines) is 1. The maximum absolute atomic E-state index is 13.6. The second-order valence-corrected chi connectivity index (χ2v) is 12.6. The Morgan fingerprint density at radius 2 is 1.75 bits per heavy atom. The fraction of sp³-hybridized carbons (Fsp3) is 0.536. The first-order valence-electron chi connectivity index (χ1n) is 13.0. The molecule has 1 atom stereocenters. The molecule has 36 heavy (non-hydrogen) atoms. The third kappa shape index (κ3) is 6.24. The highest BCUT2D eigenvalue weighted by molar-refractivity contribution is 7.89. The molecule has 2 aromatic rings. The summed E-state index contributed by atoms with van der Waals surface area (Å²) in [5.41, 5.74) is 1.41. The average molecular weight is 533 g/mol. The molecule has 2 aliphatic rings. The summed E-state index contributed by atoms with van der Waals surface area (Å²) in [5.74, 6) is 0.772. The van der Waals surface area contributed by atoms with E-state index in [1.54, 1.807) is 22.5 Å². The first kappa shape index (κ1) is 27.0. The lowest BCUT2D eigenvalue weighted by molar-refractivity contribution is -0.136. The second-order valence-electron chi connectivity index (χ2n) is 10.3. The van der Waals surface area contributed by atoms with Crippen LogP contribution in [-0.2, 0) is 21.2 Å². The third-order valence-electron chi connectivity index (χ3n) is 7.51. The SMILES string of the molecule is CCc1ccc(S(=O)(=O)N2CCCC(COc3ccc(Cl)c(C)c3)(CC(=O)N3CCCCC3)C2)cc1. The predicted octanol–water partition coefficient (Wildman–Crippen LogP) is 5.46. The Bertz CT molecular complexity index is 1160. The lowest BCUT2D eigenvalue weighted by Gasteiger charge is -2.42. The standard InChI is InChI=1S/C28H37ClN2O4S/c1-3-23-8-11-25(12-9-23)36(33,34)31-17-7-14-28(20-31,19-27(32)30-15-5-4-6-16-30)21-35-24-10-13-26(29)22(2)18-24/h8-13,18H,3-7,14-17,19-21H2,1-2H3. The number of benzene rings is 2. The van der Waals surface area contributed by atoms with Gasteiger partial charge in [-0.1, -0.05) is 30.7 Å². The zero-order valence-electron chi connectivity index (χ0n) is 21.3. The number of sulfonamides is 1. The van der Waals surface area contributed by atoms with Crippen molar-refractivity contribution in [1.29, 1.82) is 0 Å². The molecule has 6 nitrogen and oxygen atoms in total. The van der Waals surface area contributed by atoms with Gasteiger partial charge in [0.1, 0.15) is 5.75 Å². The fourth-order valence-corrected chi connectivity index (χ4v) is 6.96. The number of amides is 1. The number of piperidine rings is 2. The molecule has 8 heteroatoms. The van der Waals surface area contributed by atoms with E-state index in [1.165, 1.54) is 0 Å². The Hall–Kier alpha value is -2.09. The summed E-state index contributed by atoms with van der Waals surface area (Å²) >= 11 is 6.18. The van der Waals surface area contributed by atoms with E-state index < -0.39 is 15.4 Å². The maximum Gasteiger partial charge on any atom is 0.243 e. The van der Waals surface area contributed by atoms with Gasteiger partial charge in [0.15, 0.2) is 0 Å². The Balaban J connectivity index is 1.58. The summed E-state index contributed by atoms with van der Waals surface area (Å²) in [6.07, 6.45) is 5.74. The lowest BCUT2D eigenvalue weighted by atomic mass is 9.78. The van der Waals surface area contributed by atoms with Gasteiger partial charge in [0, 0.05) is 43.0 Å². The van der Waals surface area contributed by atoms with Crippen molar-refractivity contribution in [3.63, 3.8) is 0 Å². The van der Waals surface area contributed by atoms with Gasteiger partial charge in [-0.25, -0.2) is 8.42 Å². The van der Waals surface area contributed by atoms with E-state index in [0.717, 1.165) is 56.3 Å². The second kappa shape index (κ2) is 11.5. The first-order chi connectivity index (χ1) is 17.2. The third-order valence-corrected chi connectivity index (χ3v) is 9.79.